The molecule has 1 aliphatic carbocycles. The summed E-state index contributed by atoms with van der Waals surface area (Å²) in [5.74, 6) is 0. The first-order valence-electron chi connectivity index (χ1n) is 3.94. The van der Waals surface area contributed by atoms with Gasteiger partial charge >= 0.3 is 0 Å². The van der Waals surface area contributed by atoms with Gasteiger partial charge in [0.05, 0.1) is 17.3 Å². The Kier molecular flexibility index (Phi) is 2.07. The van der Waals surface area contributed by atoms with Gasteiger partial charge in [-0.2, -0.15) is 5.26 Å². The maximum absolute atomic E-state index is 8.83. The second-order valence-electron chi connectivity index (χ2n) is 2.92. The third-order valence-corrected chi connectivity index (χ3v) is 2.46. The first kappa shape index (κ1) is 7.71. The maximum atomic E-state index is 8.83. The largest absolute Gasteiger partial charge is 0.294 e. The summed E-state index contributed by atoms with van der Waals surface area (Å²) < 4.78 is 0. The molecule has 2 rings (SSSR count). The van der Waals surface area contributed by atoms with Crippen LogP contribution < -0.4 is 5.32 Å². The molecule has 1 aromatic heterocycles. The van der Waals surface area contributed by atoms with Gasteiger partial charge in [-0.15, -0.1) is 11.3 Å². The van der Waals surface area contributed by atoms with Gasteiger partial charge < -0.3 is 0 Å². The topological polar surface area (TPSA) is 48.7 Å². The van der Waals surface area contributed by atoms with Crippen LogP contribution in [0.15, 0.2) is 10.9 Å². The highest BCUT2D eigenvalue weighted by molar-refractivity contribution is 7.07. The van der Waals surface area contributed by atoms with E-state index in [1.807, 2.05) is 5.38 Å². The Morgan fingerprint density at radius 3 is 3.08 bits per heavy atom. The summed E-state index contributed by atoms with van der Waals surface area (Å²) in [6.45, 7) is 0. The van der Waals surface area contributed by atoms with Gasteiger partial charge in [0.1, 0.15) is 6.04 Å². The maximum Gasteiger partial charge on any atom is 0.139 e. The number of hydrogen-bond acceptors (Lipinski definition) is 4. The van der Waals surface area contributed by atoms with Crippen LogP contribution in [0.25, 0.3) is 0 Å². The lowest BCUT2D eigenvalue weighted by Crippen LogP contribution is -2.22. The predicted molar refractivity (Wildman–Crippen MR) is 46.6 cm³/mol. The summed E-state index contributed by atoms with van der Waals surface area (Å²) >= 11 is 1.53. The fourth-order valence-electron chi connectivity index (χ4n) is 1.04. The molecule has 1 N–H and O–H groups in total. The number of aromatic nitrogens is 1. The lowest BCUT2D eigenvalue weighted by Gasteiger charge is -2.06. The van der Waals surface area contributed by atoms with Crippen LogP contribution in [0.1, 0.15) is 24.6 Å². The standard InChI is InChI=1S/C8H9N3S/c9-3-7(11-6-1-2-6)8-4-12-5-10-8/h4-7,11H,1-2H2. The molecule has 1 saturated carbocycles. The zero-order valence-corrected chi connectivity index (χ0v) is 7.34. The van der Waals surface area contributed by atoms with Crippen molar-refractivity contribution >= 4 is 11.3 Å². The van der Waals surface area contributed by atoms with Crippen molar-refractivity contribution in [3.8, 4) is 6.07 Å². The number of hydrogen-bond donors (Lipinski definition) is 1. The molecule has 1 unspecified atom stereocenters. The molecule has 0 aliphatic heterocycles. The third kappa shape index (κ3) is 1.63. The SMILES string of the molecule is N#CC(NC1CC1)c1cscn1. The van der Waals surface area contributed by atoms with Gasteiger partial charge in [-0.05, 0) is 12.8 Å². The van der Waals surface area contributed by atoms with E-state index >= 15 is 0 Å². The van der Waals surface area contributed by atoms with Crippen LogP contribution >= 0.6 is 11.3 Å². The van der Waals surface area contributed by atoms with E-state index in [1.54, 1.807) is 5.51 Å². The Balaban J connectivity index is 2.03. The average molecular weight is 179 g/mol. The Labute approximate surface area is 75.1 Å². The highest BCUT2D eigenvalue weighted by Crippen LogP contribution is 2.23. The van der Waals surface area contributed by atoms with E-state index in [-0.39, 0.29) is 6.04 Å². The minimum absolute atomic E-state index is 0.205. The van der Waals surface area contributed by atoms with E-state index in [0.29, 0.717) is 6.04 Å². The number of nitrogens with one attached hydrogen (secondary N) is 1. The number of nitrogens with zero attached hydrogens (tertiary/aromatic N) is 2. The molecule has 1 heterocycles. The van der Waals surface area contributed by atoms with Gasteiger partial charge in [-0.3, -0.25) is 5.32 Å². The van der Waals surface area contributed by atoms with Crippen molar-refractivity contribution < 1.29 is 0 Å². The molecule has 1 aliphatic rings. The van der Waals surface area contributed by atoms with E-state index in [4.69, 9.17) is 5.26 Å². The summed E-state index contributed by atoms with van der Waals surface area (Å²) in [7, 11) is 0. The van der Waals surface area contributed by atoms with Gasteiger partial charge in [-0.25, -0.2) is 4.98 Å². The van der Waals surface area contributed by atoms with Crippen molar-refractivity contribution in [3.05, 3.63) is 16.6 Å². The van der Waals surface area contributed by atoms with Gasteiger partial charge in [0.25, 0.3) is 0 Å². The lowest BCUT2D eigenvalue weighted by molar-refractivity contribution is 0.615. The quantitative estimate of drug-likeness (QED) is 0.764. The lowest BCUT2D eigenvalue weighted by atomic mass is 10.2. The van der Waals surface area contributed by atoms with Crippen LogP contribution in [0.4, 0.5) is 0 Å². The highest BCUT2D eigenvalue weighted by atomic mass is 32.1. The van der Waals surface area contributed by atoms with Gasteiger partial charge in [0.2, 0.25) is 0 Å². The Bertz CT molecular complexity index is 284. The second-order valence-corrected chi connectivity index (χ2v) is 3.64. The summed E-state index contributed by atoms with van der Waals surface area (Å²) in [6.07, 6.45) is 2.39. The monoisotopic (exact) mass is 179 g/mol. The molecule has 1 fully saturated rings. The first-order valence-corrected chi connectivity index (χ1v) is 4.88. The number of nitriles is 1. The van der Waals surface area contributed by atoms with Gasteiger partial charge in [0.15, 0.2) is 0 Å². The Morgan fingerprint density at radius 1 is 1.75 bits per heavy atom. The summed E-state index contributed by atoms with van der Waals surface area (Å²) in [5.41, 5.74) is 2.61. The van der Waals surface area contributed by atoms with Crippen LogP contribution in [0, 0.1) is 11.3 Å². The Morgan fingerprint density at radius 2 is 2.58 bits per heavy atom. The molecule has 0 aromatic carbocycles. The normalized spacial score (nSPS) is 18.6. The Hall–Kier alpha value is -0.920. The molecular weight excluding hydrogens is 170 g/mol. The summed E-state index contributed by atoms with van der Waals surface area (Å²) in [4.78, 5) is 4.10. The van der Waals surface area contributed by atoms with Crippen molar-refractivity contribution in [2.75, 3.05) is 0 Å². The van der Waals surface area contributed by atoms with Crippen LogP contribution in [-0.2, 0) is 0 Å². The second kappa shape index (κ2) is 3.21. The highest BCUT2D eigenvalue weighted by Gasteiger charge is 2.25. The summed E-state index contributed by atoms with van der Waals surface area (Å²) in [5, 5.41) is 14.0. The molecule has 1 aromatic rings. The molecule has 0 amide bonds. The molecule has 62 valence electrons. The average Bonchev–Trinajstić information content (AvgIpc) is 2.74. The molecular formula is C8H9N3S. The van der Waals surface area contributed by atoms with Crippen molar-refractivity contribution in [1.82, 2.24) is 10.3 Å². The smallest absolute Gasteiger partial charge is 0.139 e. The minimum Gasteiger partial charge on any atom is -0.294 e. The molecule has 1 atom stereocenters. The van der Waals surface area contributed by atoms with Gasteiger partial charge in [-0.1, -0.05) is 0 Å². The summed E-state index contributed by atoms with van der Waals surface area (Å²) in [6, 6.07) is 2.56. The van der Waals surface area contributed by atoms with E-state index in [0.717, 1.165) is 5.69 Å². The van der Waals surface area contributed by atoms with Crippen molar-refractivity contribution in [3.63, 3.8) is 0 Å². The number of rotatable bonds is 3. The molecule has 0 saturated heterocycles. The molecule has 12 heavy (non-hydrogen) atoms. The van der Waals surface area contributed by atoms with Gasteiger partial charge in [0, 0.05) is 11.4 Å². The molecule has 4 heteroatoms. The first-order chi connectivity index (χ1) is 5.90. The van der Waals surface area contributed by atoms with E-state index < -0.39 is 0 Å². The van der Waals surface area contributed by atoms with Crippen molar-refractivity contribution in [1.29, 1.82) is 5.26 Å². The zero-order chi connectivity index (χ0) is 8.39. The fourth-order valence-corrected chi connectivity index (χ4v) is 1.62. The van der Waals surface area contributed by atoms with Crippen LogP contribution in [0.3, 0.4) is 0 Å². The molecule has 3 nitrogen and oxygen atoms in total. The minimum atomic E-state index is -0.205. The van der Waals surface area contributed by atoms with E-state index in [9.17, 15) is 0 Å². The fraction of sp³-hybridized carbons (Fsp3) is 0.500. The predicted octanol–water partition coefficient (Wildman–Crippen LogP) is 1.46. The van der Waals surface area contributed by atoms with Crippen LogP contribution in [-0.4, -0.2) is 11.0 Å². The zero-order valence-electron chi connectivity index (χ0n) is 6.53. The van der Waals surface area contributed by atoms with Crippen LogP contribution in [0.2, 0.25) is 0 Å². The van der Waals surface area contributed by atoms with Crippen molar-refractivity contribution in [2.24, 2.45) is 0 Å². The third-order valence-electron chi connectivity index (χ3n) is 1.86. The number of thiazole rings is 1. The molecule has 0 bridgehead atoms. The van der Waals surface area contributed by atoms with E-state index in [1.165, 1.54) is 24.2 Å². The van der Waals surface area contributed by atoms with Crippen LogP contribution in [0.5, 0.6) is 0 Å². The molecule has 0 spiro atoms. The van der Waals surface area contributed by atoms with Crippen molar-refractivity contribution in [2.45, 2.75) is 24.9 Å². The van der Waals surface area contributed by atoms with E-state index in [2.05, 4.69) is 16.4 Å². The molecule has 0 radical (unpaired) electrons.